The number of hydrogen-bond acceptors (Lipinski definition) is 7. The fourth-order valence-corrected chi connectivity index (χ4v) is 6.07. The summed E-state index contributed by atoms with van der Waals surface area (Å²) in [5.74, 6) is 0.0394. The van der Waals surface area contributed by atoms with E-state index in [0.717, 1.165) is 59.8 Å². The number of rotatable bonds is 4. The van der Waals surface area contributed by atoms with Gasteiger partial charge in [0.25, 0.3) is 11.8 Å². The molecule has 1 aromatic carbocycles. The second-order valence-electron chi connectivity index (χ2n) is 10.0. The lowest BCUT2D eigenvalue weighted by Crippen LogP contribution is -2.48. The van der Waals surface area contributed by atoms with Gasteiger partial charge in [0.05, 0.1) is 31.2 Å². The molecule has 3 aliphatic heterocycles. The first-order valence-electron chi connectivity index (χ1n) is 11.8. The summed E-state index contributed by atoms with van der Waals surface area (Å²) in [5.41, 5.74) is 3.12. The fraction of sp³-hybridized carbons (Fsp3) is 0.480. The predicted molar refractivity (Wildman–Crippen MR) is 130 cm³/mol. The van der Waals surface area contributed by atoms with Gasteiger partial charge in [0.2, 0.25) is 0 Å². The summed E-state index contributed by atoms with van der Waals surface area (Å²) in [5, 5.41) is 4.91. The maximum Gasteiger partial charge on any atom is 0.263 e. The zero-order valence-corrected chi connectivity index (χ0v) is 20.2. The van der Waals surface area contributed by atoms with Crippen LogP contribution in [0.15, 0.2) is 28.9 Å². The number of thiazole rings is 1. The Kier molecular flexibility index (Phi) is 5.14. The van der Waals surface area contributed by atoms with Crippen LogP contribution in [0.4, 0.5) is 5.13 Å². The number of carbonyl (C=O) groups is 2. The number of nitrogens with zero attached hydrogens (tertiary/aromatic N) is 3. The Morgan fingerprint density at radius 1 is 1.29 bits per heavy atom. The number of fused-ring (bicyclic) bond motifs is 2. The van der Waals surface area contributed by atoms with Crippen molar-refractivity contribution in [2.75, 3.05) is 37.7 Å². The first-order valence-corrected chi connectivity index (χ1v) is 12.7. The normalized spacial score (nSPS) is 21.8. The van der Waals surface area contributed by atoms with E-state index < -0.39 is 0 Å². The molecule has 0 bridgehead atoms. The molecule has 0 saturated carbocycles. The number of aromatic nitrogens is 1. The van der Waals surface area contributed by atoms with Crippen molar-refractivity contribution in [3.05, 3.63) is 46.2 Å². The number of amides is 2. The second-order valence-corrected chi connectivity index (χ2v) is 11.0. The van der Waals surface area contributed by atoms with Gasteiger partial charge in [-0.15, -0.1) is 0 Å². The maximum atomic E-state index is 12.7. The van der Waals surface area contributed by atoms with Gasteiger partial charge in [0, 0.05) is 48.1 Å². The number of anilines is 1. The molecule has 2 fully saturated rings. The molecular formula is C25H28N4O4S. The monoisotopic (exact) mass is 480 g/mol. The highest BCUT2D eigenvalue weighted by molar-refractivity contribution is 7.17. The molecule has 0 unspecified atom stereocenters. The fourth-order valence-electron chi connectivity index (χ4n) is 4.99. The molecule has 2 aromatic heterocycles. The summed E-state index contributed by atoms with van der Waals surface area (Å²) in [7, 11) is 0. The van der Waals surface area contributed by atoms with Gasteiger partial charge in [0.1, 0.15) is 10.5 Å². The molecule has 2 amide bonds. The molecule has 0 radical (unpaired) electrons. The minimum atomic E-state index is -0.291. The van der Waals surface area contributed by atoms with Gasteiger partial charge in [-0.2, -0.15) is 0 Å². The van der Waals surface area contributed by atoms with E-state index in [2.05, 4.69) is 10.2 Å². The standard InChI is InChI=1S/C25H28N4O4S/c1-25(2)12-19-21(22(30)27-25)34-24(26-19)29-8-9-32-14-17(29)10-16-13-33-20-5-4-15(11-18(16)20)23(31)28-6-3-7-28/h4-5,11,13,17H,3,6-10,12,14H2,1-2H3,(H,27,30)/t17-/m0/s1. The van der Waals surface area contributed by atoms with E-state index in [-0.39, 0.29) is 23.4 Å². The van der Waals surface area contributed by atoms with Crippen molar-refractivity contribution in [3.63, 3.8) is 0 Å². The third-order valence-corrected chi connectivity index (χ3v) is 8.06. The van der Waals surface area contributed by atoms with Gasteiger partial charge in [-0.25, -0.2) is 4.98 Å². The third-order valence-electron chi connectivity index (χ3n) is 6.93. The van der Waals surface area contributed by atoms with Crippen molar-refractivity contribution >= 4 is 39.3 Å². The van der Waals surface area contributed by atoms with Crippen LogP contribution >= 0.6 is 11.3 Å². The molecule has 9 heteroatoms. The molecule has 2 saturated heterocycles. The van der Waals surface area contributed by atoms with E-state index in [1.165, 1.54) is 11.3 Å². The number of hydrogen-bond donors (Lipinski definition) is 1. The molecule has 1 N–H and O–H groups in total. The van der Waals surface area contributed by atoms with Crippen LogP contribution in [0.5, 0.6) is 0 Å². The highest BCUT2D eigenvalue weighted by Crippen LogP contribution is 2.35. The number of morpholine rings is 1. The Labute approximate surface area is 201 Å². The van der Waals surface area contributed by atoms with E-state index in [1.807, 2.05) is 36.9 Å². The van der Waals surface area contributed by atoms with E-state index in [1.54, 1.807) is 6.26 Å². The van der Waals surface area contributed by atoms with Crippen LogP contribution in [0.2, 0.25) is 0 Å². The number of carbonyl (C=O) groups excluding carboxylic acids is 2. The Bertz CT molecular complexity index is 1280. The third kappa shape index (κ3) is 3.76. The second kappa shape index (κ2) is 8.09. The summed E-state index contributed by atoms with van der Waals surface area (Å²) in [6, 6.07) is 5.75. The molecule has 6 rings (SSSR count). The van der Waals surface area contributed by atoms with Gasteiger partial charge >= 0.3 is 0 Å². The summed E-state index contributed by atoms with van der Waals surface area (Å²) >= 11 is 1.46. The number of nitrogens with one attached hydrogen (secondary N) is 1. The number of likely N-dealkylation sites (tertiary alicyclic amines) is 1. The Morgan fingerprint density at radius 3 is 2.94 bits per heavy atom. The van der Waals surface area contributed by atoms with Crippen molar-refractivity contribution < 1.29 is 18.7 Å². The van der Waals surface area contributed by atoms with Crippen molar-refractivity contribution in [1.29, 1.82) is 0 Å². The minimum absolute atomic E-state index is 0.0416. The summed E-state index contributed by atoms with van der Waals surface area (Å²) < 4.78 is 11.7. The zero-order chi connectivity index (χ0) is 23.4. The largest absolute Gasteiger partial charge is 0.464 e. The van der Waals surface area contributed by atoms with Crippen LogP contribution in [0, 0.1) is 0 Å². The summed E-state index contributed by atoms with van der Waals surface area (Å²) in [4.78, 5) is 35.1. The molecule has 34 heavy (non-hydrogen) atoms. The van der Waals surface area contributed by atoms with Crippen molar-refractivity contribution in [2.45, 2.75) is 44.7 Å². The smallest absolute Gasteiger partial charge is 0.263 e. The van der Waals surface area contributed by atoms with Gasteiger partial charge in [-0.3, -0.25) is 9.59 Å². The minimum Gasteiger partial charge on any atom is -0.464 e. The summed E-state index contributed by atoms with van der Waals surface area (Å²) in [6.07, 6.45) is 4.29. The van der Waals surface area contributed by atoms with Crippen LogP contribution in [-0.2, 0) is 17.6 Å². The lowest BCUT2D eigenvalue weighted by Gasteiger charge is -2.35. The van der Waals surface area contributed by atoms with Crippen LogP contribution in [0.1, 0.15) is 51.6 Å². The Balaban J connectivity index is 1.28. The van der Waals surface area contributed by atoms with Gasteiger partial charge in [0.15, 0.2) is 5.13 Å². The van der Waals surface area contributed by atoms with Crippen molar-refractivity contribution in [3.8, 4) is 0 Å². The SMILES string of the molecule is CC1(C)Cc2nc(N3CCOC[C@@H]3Cc3coc4ccc(C(=O)N5CCC5)cc34)sc2C(=O)N1. The molecular weight excluding hydrogens is 452 g/mol. The molecule has 5 heterocycles. The molecule has 8 nitrogen and oxygen atoms in total. The van der Waals surface area contributed by atoms with Gasteiger partial charge in [-0.05, 0) is 44.9 Å². The van der Waals surface area contributed by atoms with E-state index >= 15 is 0 Å². The lowest BCUT2D eigenvalue weighted by molar-refractivity contribution is 0.0651. The Morgan fingerprint density at radius 2 is 2.15 bits per heavy atom. The van der Waals surface area contributed by atoms with E-state index in [4.69, 9.17) is 14.1 Å². The molecule has 178 valence electrons. The highest BCUT2D eigenvalue weighted by Gasteiger charge is 2.35. The first kappa shape index (κ1) is 21.6. The van der Waals surface area contributed by atoms with E-state index in [0.29, 0.717) is 30.1 Å². The molecule has 0 spiro atoms. The lowest BCUT2D eigenvalue weighted by atomic mass is 9.94. The molecule has 3 aliphatic rings. The maximum absolute atomic E-state index is 12.7. The summed E-state index contributed by atoms with van der Waals surface area (Å²) in [6.45, 7) is 7.62. The first-order chi connectivity index (χ1) is 16.4. The number of benzene rings is 1. The predicted octanol–water partition coefficient (Wildman–Crippen LogP) is 3.25. The Hall–Kier alpha value is -2.91. The molecule has 0 aliphatic carbocycles. The van der Waals surface area contributed by atoms with E-state index in [9.17, 15) is 9.59 Å². The quantitative estimate of drug-likeness (QED) is 0.617. The van der Waals surface area contributed by atoms with Crippen molar-refractivity contribution in [1.82, 2.24) is 15.2 Å². The topological polar surface area (TPSA) is 87.9 Å². The van der Waals surface area contributed by atoms with Gasteiger partial charge in [-0.1, -0.05) is 11.3 Å². The number of ether oxygens (including phenoxy) is 1. The highest BCUT2D eigenvalue weighted by atomic mass is 32.1. The average Bonchev–Trinajstić information content (AvgIpc) is 3.36. The van der Waals surface area contributed by atoms with Gasteiger partial charge < -0.3 is 24.3 Å². The molecule has 1 atom stereocenters. The van der Waals surface area contributed by atoms with Crippen LogP contribution in [-0.4, -0.2) is 66.1 Å². The zero-order valence-electron chi connectivity index (χ0n) is 19.4. The van der Waals surface area contributed by atoms with Crippen LogP contribution in [0.3, 0.4) is 0 Å². The van der Waals surface area contributed by atoms with Crippen molar-refractivity contribution in [2.24, 2.45) is 0 Å². The average molecular weight is 481 g/mol. The van der Waals surface area contributed by atoms with Crippen LogP contribution in [0.25, 0.3) is 11.0 Å². The number of furan rings is 1. The van der Waals surface area contributed by atoms with Crippen LogP contribution < -0.4 is 10.2 Å². The molecule has 3 aromatic rings.